The molecular weight excluding hydrogens is 377 g/mol. The van der Waals surface area contributed by atoms with Crippen LogP contribution in [0.3, 0.4) is 0 Å². The number of methoxy groups -OCH3 is 1. The van der Waals surface area contributed by atoms with Gasteiger partial charge in [-0.1, -0.05) is 15.9 Å². The Bertz CT molecular complexity index is 855. The largest absolute Gasteiger partial charge is 0.573 e. The number of hydrogen-bond donors (Lipinski definition) is 0. The Hall–Kier alpha value is -2.15. The van der Waals surface area contributed by atoms with Crippen molar-refractivity contribution in [2.45, 2.75) is 6.36 Å². The van der Waals surface area contributed by atoms with Crippen LogP contribution in [0.15, 0.2) is 51.4 Å². The van der Waals surface area contributed by atoms with Crippen LogP contribution in [0, 0.1) is 0 Å². The smallest absolute Gasteiger partial charge is 0.497 e. The Morgan fingerprint density at radius 3 is 2.52 bits per heavy atom. The van der Waals surface area contributed by atoms with E-state index in [-0.39, 0.29) is 17.1 Å². The van der Waals surface area contributed by atoms with Gasteiger partial charge in [-0.2, -0.15) is 0 Å². The molecule has 0 N–H and O–H groups in total. The lowest BCUT2D eigenvalue weighted by molar-refractivity contribution is -0.274. The molecule has 23 heavy (non-hydrogen) atoms. The molecule has 0 aliphatic carbocycles. The number of rotatable bonds is 3. The quantitative estimate of drug-likeness (QED) is 0.572. The third-order valence-corrected chi connectivity index (χ3v) is 3.66. The second-order valence-electron chi connectivity index (χ2n) is 4.70. The second kappa shape index (κ2) is 5.81. The first-order valence-corrected chi connectivity index (χ1v) is 7.28. The fourth-order valence-electron chi connectivity index (χ4n) is 2.18. The third-order valence-electron chi connectivity index (χ3n) is 3.16. The first kappa shape index (κ1) is 15.7. The Labute approximate surface area is 137 Å². The van der Waals surface area contributed by atoms with Gasteiger partial charge in [-0.3, -0.25) is 0 Å². The van der Waals surface area contributed by atoms with Gasteiger partial charge in [0, 0.05) is 15.9 Å². The molecule has 0 spiro atoms. The van der Waals surface area contributed by atoms with Crippen LogP contribution in [0.2, 0.25) is 0 Å². The van der Waals surface area contributed by atoms with Gasteiger partial charge in [0.2, 0.25) is 0 Å². The number of ether oxygens (including phenoxy) is 2. The van der Waals surface area contributed by atoms with Crippen LogP contribution in [0.25, 0.3) is 22.3 Å². The van der Waals surface area contributed by atoms with Gasteiger partial charge in [-0.05, 0) is 36.4 Å². The molecule has 0 saturated heterocycles. The molecule has 0 unspecified atom stereocenters. The summed E-state index contributed by atoms with van der Waals surface area (Å²) in [4.78, 5) is 0. The van der Waals surface area contributed by atoms with Crippen molar-refractivity contribution in [2.75, 3.05) is 7.11 Å². The Balaban J connectivity index is 2.10. The highest BCUT2D eigenvalue weighted by atomic mass is 79.9. The van der Waals surface area contributed by atoms with Gasteiger partial charge in [0.15, 0.2) is 0 Å². The van der Waals surface area contributed by atoms with Gasteiger partial charge >= 0.3 is 6.36 Å². The highest BCUT2D eigenvalue weighted by Gasteiger charge is 2.32. The number of halogens is 4. The standard InChI is InChI=1S/C16H10BrF3O3/c1-21-11-4-2-9-6-14(22-13(9)8-11)12-5-3-10(17)7-15(12)23-16(18,19)20/h2-8H,1H3. The van der Waals surface area contributed by atoms with Crippen LogP contribution < -0.4 is 9.47 Å². The van der Waals surface area contributed by atoms with Gasteiger partial charge in [0.05, 0.1) is 12.7 Å². The summed E-state index contributed by atoms with van der Waals surface area (Å²) >= 11 is 3.14. The molecule has 0 radical (unpaired) electrons. The molecule has 3 nitrogen and oxygen atoms in total. The highest BCUT2D eigenvalue weighted by Crippen LogP contribution is 2.38. The predicted molar refractivity (Wildman–Crippen MR) is 82.6 cm³/mol. The van der Waals surface area contributed by atoms with E-state index in [4.69, 9.17) is 9.15 Å². The highest BCUT2D eigenvalue weighted by molar-refractivity contribution is 9.10. The van der Waals surface area contributed by atoms with E-state index in [0.717, 1.165) is 5.39 Å². The van der Waals surface area contributed by atoms with Crippen LogP contribution in [-0.2, 0) is 0 Å². The molecule has 1 heterocycles. The van der Waals surface area contributed by atoms with E-state index in [9.17, 15) is 13.2 Å². The maximum Gasteiger partial charge on any atom is 0.573 e. The summed E-state index contributed by atoms with van der Waals surface area (Å²) < 4.78 is 53.1. The minimum Gasteiger partial charge on any atom is -0.497 e. The number of benzene rings is 2. The summed E-state index contributed by atoms with van der Waals surface area (Å²) in [7, 11) is 1.52. The zero-order chi connectivity index (χ0) is 16.6. The van der Waals surface area contributed by atoms with E-state index in [0.29, 0.717) is 15.8 Å². The normalized spacial score (nSPS) is 11.7. The van der Waals surface area contributed by atoms with Gasteiger partial charge in [0.25, 0.3) is 0 Å². The molecule has 0 atom stereocenters. The maximum atomic E-state index is 12.6. The molecule has 120 valence electrons. The van der Waals surface area contributed by atoms with Crippen LogP contribution in [-0.4, -0.2) is 13.5 Å². The predicted octanol–water partition coefficient (Wildman–Crippen LogP) is 5.77. The number of furan rings is 1. The Kier molecular flexibility index (Phi) is 3.97. The fraction of sp³-hybridized carbons (Fsp3) is 0.125. The second-order valence-corrected chi connectivity index (χ2v) is 5.62. The summed E-state index contributed by atoms with van der Waals surface area (Å²) in [5, 5.41) is 0.752. The monoisotopic (exact) mass is 386 g/mol. The zero-order valence-corrected chi connectivity index (χ0v) is 13.4. The first-order valence-electron chi connectivity index (χ1n) is 6.49. The molecule has 3 aromatic rings. The molecule has 0 amide bonds. The maximum absolute atomic E-state index is 12.6. The van der Waals surface area contributed by atoms with Crippen molar-refractivity contribution >= 4 is 26.9 Å². The van der Waals surface area contributed by atoms with Crippen molar-refractivity contribution in [1.82, 2.24) is 0 Å². The molecular formula is C16H10BrF3O3. The van der Waals surface area contributed by atoms with E-state index >= 15 is 0 Å². The van der Waals surface area contributed by atoms with Crippen molar-refractivity contribution in [3.05, 3.63) is 46.9 Å². The molecule has 0 aliphatic heterocycles. The van der Waals surface area contributed by atoms with Crippen molar-refractivity contribution < 1.29 is 27.1 Å². The topological polar surface area (TPSA) is 31.6 Å². The van der Waals surface area contributed by atoms with Gasteiger partial charge < -0.3 is 13.9 Å². The van der Waals surface area contributed by atoms with Gasteiger partial charge in [0.1, 0.15) is 22.8 Å². The van der Waals surface area contributed by atoms with Crippen LogP contribution >= 0.6 is 15.9 Å². The number of alkyl halides is 3. The molecule has 0 aliphatic rings. The summed E-state index contributed by atoms with van der Waals surface area (Å²) in [5.41, 5.74) is 0.723. The molecule has 1 aromatic heterocycles. The summed E-state index contributed by atoms with van der Waals surface area (Å²) in [6.07, 6.45) is -4.79. The number of hydrogen-bond acceptors (Lipinski definition) is 3. The van der Waals surface area contributed by atoms with Crippen molar-refractivity contribution in [3.63, 3.8) is 0 Å². The Morgan fingerprint density at radius 1 is 1.04 bits per heavy atom. The zero-order valence-electron chi connectivity index (χ0n) is 11.8. The van der Waals surface area contributed by atoms with E-state index in [1.807, 2.05) is 0 Å². The van der Waals surface area contributed by atoms with Gasteiger partial charge in [-0.15, -0.1) is 13.2 Å². The summed E-state index contributed by atoms with van der Waals surface area (Å²) in [6, 6.07) is 11.2. The van der Waals surface area contributed by atoms with E-state index in [1.165, 1.54) is 19.2 Å². The first-order chi connectivity index (χ1) is 10.9. The lowest BCUT2D eigenvalue weighted by Gasteiger charge is -2.12. The Morgan fingerprint density at radius 2 is 1.83 bits per heavy atom. The van der Waals surface area contributed by atoms with Crippen LogP contribution in [0.5, 0.6) is 11.5 Å². The van der Waals surface area contributed by atoms with Crippen molar-refractivity contribution in [3.8, 4) is 22.8 Å². The molecule has 7 heteroatoms. The molecule has 3 rings (SSSR count). The minimum atomic E-state index is -4.79. The SMILES string of the molecule is COc1ccc2cc(-c3ccc(Br)cc3OC(F)(F)F)oc2c1. The minimum absolute atomic E-state index is 0.209. The van der Waals surface area contributed by atoms with Crippen LogP contribution in [0.1, 0.15) is 0 Å². The summed E-state index contributed by atoms with van der Waals surface area (Å²) in [6.45, 7) is 0. The van der Waals surface area contributed by atoms with E-state index < -0.39 is 6.36 Å². The molecule has 0 saturated carbocycles. The number of fused-ring (bicyclic) bond motifs is 1. The van der Waals surface area contributed by atoms with E-state index in [2.05, 4.69) is 20.7 Å². The third kappa shape index (κ3) is 3.44. The lowest BCUT2D eigenvalue weighted by atomic mass is 10.1. The van der Waals surface area contributed by atoms with Crippen molar-refractivity contribution in [2.24, 2.45) is 0 Å². The van der Waals surface area contributed by atoms with Crippen molar-refractivity contribution in [1.29, 1.82) is 0 Å². The molecule has 0 bridgehead atoms. The molecule has 2 aromatic carbocycles. The van der Waals surface area contributed by atoms with E-state index in [1.54, 1.807) is 30.3 Å². The van der Waals surface area contributed by atoms with Crippen LogP contribution in [0.4, 0.5) is 13.2 Å². The fourth-order valence-corrected chi connectivity index (χ4v) is 2.52. The summed E-state index contributed by atoms with van der Waals surface area (Å²) in [5.74, 6) is 0.541. The average molecular weight is 387 g/mol. The molecule has 0 fully saturated rings. The average Bonchev–Trinajstić information content (AvgIpc) is 2.88. The van der Waals surface area contributed by atoms with Gasteiger partial charge in [-0.25, -0.2) is 0 Å². The lowest BCUT2D eigenvalue weighted by Crippen LogP contribution is -2.17.